The van der Waals surface area contributed by atoms with Crippen molar-refractivity contribution in [3.63, 3.8) is 0 Å². The number of carbonyl (C=O) groups excluding carboxylic acids is 2. The molecule has 0 unspecified atom stereocenters. The number of hydrogen-bond donors (Lipinski definition) is 0. The molecule has 3 heterocycles. The summed E-state index contributed by atoms with van der Waals surface area (Å²) in [6, 6.07) is 5.38. The molecule has 8 nitrogen and oxygen atoms in total. The minimum Gasteiger partial charge on any atom is -0.328 e. The highest BCUT2D eigenvalue weighted by Gasteiger charge is 2.41. The van der Waals surface area contributed by atoms with Crippen LogP contribution in [0, 0.1) is 12.7 Å². The van der Waals surface area contributed by atoms with Crippen LogP contribution in [0.2, 0.25) is 0 Å². The summed E-state index contributed by atoms with van der Waals surface area (Å²) in [5, 5.41) is 0.694. The Morgan fingerprint density at radius 1 is 1.16 bits per heavy atom. The molecule has 1 aliphatic heterocycles. The highest BCUT2D eigenvalue weighted by atomic mass is 32.1. The molecular formula is C22H23FN6O2S. The van der Waals surface area contributed by atoms with E-state index < -0.39 is 0 Å². The molecule has 5 rings (SSSR count). The van der Waals surface area contributed by atoms with E-state index in [2.05, 4.69) is 13.9 Å². The maximum Gasteiger partial charge on any atom is 0.254 e. The van der Waals surface area contributed by atoms with Gasteiger partial charge in [-0.1, -0.05) is 0 Å². The monoisotopic (exact) mass is 454 g/mol. The van der Waals surface area contributed by atoms with Crippen molar-refractivity contribution in [3.05, 3.63) is 47.2 Å². The Labute approximate surface area is 188 Å². The SMILES string of the molecule is CC(=O)N(c1nc(-c2nc(C)ns2)n2c1[C@@H](C)N(C(=O)c1ccc(F)cc1)CC2)C1CC1. The fraction of sp³-hybridized carbons (Fsp3) is 0.409. The average molecular weight is 455 g/mol. The highest BCUT2D eigenvalue weighted by Crippen LogP contribution is 2.41. The summed E-state index contributed by atoms with van der Waals surface area (Å²) in [5.41, 5.74) is 1.25. The first-order valence-corrected chi connectivity index (χ1v) is 11.4. The van der Waals surface area contributed by atoms with Gasteiger partial charge in [-0.3, -0.25) is 14.5 Å². The first-order chi connectivity index (χ1) is 15.3. The van der Waals surface area contributed by atoms with Gasteiger partial charge in [0.05, 0.1) is 11.7 Å². The van der Waals surface area contributed by atoms with Gasteiger partial charge in [0.25, 0.3) is 5.91 Å². The smallest absolute Gasteiger partial charge is 0.254 e. The van der Waals surface area contributed by atoms with E-state index in [0.29, 0.717) is 41.1 Å². The minimum atomic E-state index is -0.382. The first-order valence-electron chi connectivity index (χ1n) is 10.6. The van der Waals surface area contributed by atoms with Crippen LogP contribution >= 0.6 is 11.5 Å². The van der Waals surface area contributed by atoms with Gasteiger partial charge in [-0.25, -0.2) is 14.4 Å². The van der Waals surface area contributed by atoms with Crippen molar-refractivity contribution in [1.82, 2.24) is 23.8 Å². The lowest BCUT2D eigenvalue weighted by Gasteiger charge is -2.36. The normalized spacial score (nSPS) is 17.9. The Hall–Kier alpha value is -3.14. The summed E-state index contributed by atoms with van der Waals surface area (Å²) in [7, 11) is 0. The standard InChI is InChI=1S/C22H23FN6O2S/c1-12-18-19(29(14(3)30)17-8-9-17)25-20(21-24-13(2)26-32-21)28(18)11-10-27(12)22(31)15-4-6-16(23)7-5-15/h4-7,12,17H,8-11H2,1-3H3/t12-/m1/s1. The molecule has 1 aromatic carbocycles. The van der Waals surface area contributed by atoms with Gasteiger partial charge in [-0.2, -0.15) is 4.37 Å². The largest absolute Gasteiger partial charge is 0.328 e. The molecule has 1 saturated carbocycles. The van der Waals surface area contributed by atoms with Gasteiger partial charge >= 0.3 is 0 Å². The number of carbonyl (C=O) groups is 2. The number of hydrogen-bond acceptors (Lipinski definition) is 6. The lowest BCUT2D eigenvalue weighted by Crippen LogP contribution is -2.42. The second kappa shape index (κ2) is 7.77. The van der Waals surface area contributed by atoms with Crippen LogP contribution in [-0.4, -0.2) is 48.2 Å². The van der Waals surface area contributed by atoms with Crippen molar-refractivity contribution in [3.8, 4) is 10.8 Å². The maximum absolute atomic E-state index is 13.3. The molecule has 1 fully saturated rings. The predicted octanol–water partition coefficient (Wildman–Crippen LogP) is 3.58. The zero-order chi connectivity index (χ0) is 22.6. The van der Waals surface area contributed by atoms with Gasteiger partial charge in [-0.05, 0) is 62.5 Å². The maximum atomic E-state index is 13.3. The second-order valence-electron chi connectivity index (χ2n) is 8.24. The van der Waals surface area contributed by atoms with Crippen LogP contribution < -0.4 is 4.90 Å². The molecule has 0 N–H and O–H groups in total. The van der Waals surface area contributed by atoms with Crippen LogP contribution in [0.4, 0.5) is 10.2 Å². The van der Waals surface area contributed by atoms with Gasteiger partial charge in [0.15, 0.2) is 16.6 Å². The molecule has 166 valence electrons. The van der Waals surface area contributed by atoms with Crippen LogP contribution in [0.5, 0.6) is 0 Å². The Balaban J connectivity index is 1.60. The summed E-state index contributed by atoms with van der Waals surface area (Å²) in [6.45, 7) is 6.31. The number of anilines is 1. The molecule has 0 saturated heterocycles. The van der Waals surface area contributed by atoms with Crippen LogP contribution in [0.25, 0.3) is 10.8 Å². The van der Waals surface area contributed by atoms with Crippen LogP contribution in [0.1, 0.15) is 54.6 Å². The summed E-state index contributed by atoms with van der Waals surface area (Å²) in [4.78, 5) is 38.7. The van der Waals surface area contributed by atoms with Crippen LogP contribution in [0.3, 0.4) is 0 Å². The van der Waals surface area contributed by atoms with Crippen LogP contribution in [-0.2, 0) is 11.3 Å². The summed E-state index contributed by atoms with van der Waals surface area (Å²) >= 11 is 1.28. The molecule has 3 aromatic rings. The first kappa shape index (κ1) is 20.7. The van der Waals surface area contributed by atoms with Gasteiger partial charge in [0, 0.05) is 31.6 Å². The minimum absolute atomic E-state index is 0.0671. The number of benzene rings is 1. The van der Waals surface area contributed by atoms with Gasteiger partial charge < -0.3 is 9.47 Å². The van der Waals surface area contributed by atoms with E-state index in [0.717, 1.165) is 18.5 Å². The zero-order valence-corrected chi connectivity index (χ0v) is 18.9. The molecule has 0 radical (unpaired) electrons. The molecule has 0 spiro atoms. The molecule has 2 amide bonds. The lowest BCUT2D eigenvalue weighted by molar-refractivity contribution is -0.116. The van der Waals surface area contributed by atoms with E-state index >= 15 is 0 Å². The predicted molar refractivity (Wildman–Crippen MR) is 118 cm³/mol. The third kappa shape index (κ3) is 3.48. The molecule has 2 aromatic heterocycles. The second-order valence-corrected chi connectivity index (χ2v) is 9.00. The molecule has 2 aliphatic rings. The van der Waals surface area contributed by atoms with Crippen molar-refractivity contribution in [2.75, 3.05) is 11.4 Å². The van der Waals surface area contributed by atoms with Crippen molar-refractivity contribution in [2.45, 2.75) is 52.2 Å². The van der Waals surface area contributed by atoms with Gasteiger partial charge in [-0.15, -0.1) is 0 Å². The fourth-order valence-corrected chi connectivity index (χ4v) is 4.99. The zero-order valence-electron chi connectivity index (χ0n) is 18.1. The van der Waals surface area contributed by atoms with E-state index in [4.69, 9.17) is 4.98 Å². The highest BCUT2D eigenvalue weighted by molar-refractivity contribution is 7.09. The molecule has 0 bridgehead atoms. The summed E-state index contributed by atoms with van der Waals surface area (Å²) in [5.74, 6) is 1.31. The average Bonchev–Trinajstić information content (AvgIpc) is 3.37. The number of rotatable bonds is 4. The molecule has 1 aliphatic carbocycles. The van der Waals surface area contributed by atoms with E-state index in [9.17, 15) is 14.0 Å². The third-order valence-electron chi connectivity index (χ3n) is 5.97. The number of fused-ring (bicyclic) bond motifs is 1. The molecular weight excluding hydrogens is 431 g/mol. The van der Waals surface area contributed by atoms with Gasteiger partial charge in [0.1, 0.15) is 11.6 Å². The Morgan fingerprint density at radius 3 is 2.47 bits per heavy atom. The number of halogens is 1. The van der Waals surface area contributed by atoms with Crippen molar-refractivity contribution in [1.29, 1.82) is 0 Å². The third-order valence-corrected chi connectivity index (χ3v) is 6.77. The quantitative estimate of drug-likeness (QED) is 0.602. The van der Waals surface area contributed by atoms with E-state index in [1.165, 1.54) is 35.8 Å². The molecule has 10 heteroatoms. The summed E-state index contributed by atoms with van der Waals surface area (Å²) in [6.07, 6.45) is 1.87. The fourth-order valence-electron chi connectivity index (χ4n) is 4.32. The van der Waals surface area contributed by atoms with Crippen molar-refractivity contribution in [2.24, 2.45) is 0 Å². The van der Waals surface area contributed by atoms with Crippen molar-refractivity contribution < 1.29 is 14.0 Å². The van der Waals surface area contributed by atoms with Gasteiger partial charge in [0.2, 0.25) is 5.91 Å². The molecule has 32 heavy (non-hydrogen) atoms. The van der Waals surface area contributed by atoms with E-state index in [-0.39, 0.29) is 29.7 Å². The van der Waals surface area contributed by atoms with E-state index in [1.54, 1.807) is 16.7 Å². The lowest BCUT2D eigenvalue weighted by atomic mass is 10.1. The number of imidazole rings is 1. The Bertz CT molecular complexity index is 1200. The Kier molecular flexibility index (Phi) is 5.04. The number of amides is 2. The summed E-state index contributed by atoms with van der Waals surface area (Å²) < 4.78 is 19.7. The van der Waals surface area contributed by atoms with Crippen LogP contribution in [0.15, 0.2) is 24.3 Å². The van der Waals surface area contributed by atoms with Crippen molar-refractivity contribution >= 4 is 29.2 Å². The topological polar surface area (TPSA) is 84.2 Å². The number of aromatic nitrogens is 4. The van der Waals surface area contributed by atoms with E-state index in [1.807, 2.05) is 13.8 Å². The number of aryl methyl sites for hydroxylation is 1. The number of nitrogens with zero attached hydrogens (tertiary/aromatic N) is 6. The molecule has 1 atom stereocenters. The Morgan fingerprint density at radius 2 is 1.88 bits per heavy atom.